The molecular weight excluding hydrogens is 1630 g/mol. The summed E-state index contributed by atoms with van der Waals surface area (Å²) in [6, 6.07) is 10.6. The van der Waals surface area contributed by atoms with Crippen molar-refractivity contribution < 1.29 is 57.6 Å². The first kappa shape index (κ1) is 122. The highest BCUT2D eigenvalue weighted by molar-refractivity contribution is 5.85. The van der Waals surface area contributed by atoms with E-state index >= 15 is 0 Å². The number of carbonyl (C=O) groups is 8. The molecule has 35 heteroatoms. The average Bonchev–Trinajstić information content (AvgIpc) is 1.78. The van der Waals surface area contributed by atoms with Gasteiger partial charge in [0.25, 0.3) is 5.91 Å². The first-order valence-corrected chi connectivity index (χ1v) is 46.9. The fourth-order valence-corrected chi connectivity index (χ4v) is 12.7. The molecule has 6 fully saturated rings. The largest absolute Gasteiger partial charge is 0.393 e. The van der Waals surface area contributed by atoms with Gasteiger partial charge in [0.2, 0.25) is 47.7 Å². The molecule has 1 aliphatic carbocycles. The molecule has 0 spiro atoms. The molecule has 10 rings (SSSR count). The molecule has 6 aliphatic rings. The lowest BCUT2D eigenvalue weighted by molar-refractivity contribution is -0.739. The van der Waals surface area contributed by atoms with Gasteiger partial charge < -0.3 is 104 Å². The summed E-state index contributed by atoms with van der Waals surface area (Å²) in [7, 11) is 3.74. The van der Waals surface area contributed by atoms with Gasteiger partial charge >= 0.3 is 6.33 Å². The summed E-state index contributed by atoms with van der Waals surface area (Å²) in [5.41, 5.74) is 13.1. The highest BCUT2D eigenvalue weighted by atomic mass is 16.5. The number of likely N-dealkylation sites (N-methyl/N-ethyl adjacent to an activating group) is 1. The topological polar surface area (TPSA) is 450 Å². The highest BCUT2D eigenvalue weighted by Gasteiger charge is 2.31. The summed E-state index contributed by atoms with van der Waals surface area (Å²) in [4.78, 5) is 107. The van der Waals surface area contributed by atoms with E-state index in [0.717, 1.165) is 128 Å². The van der Waals surface area contributed by atoms with E-state index in [1.807, 2.05) is 139 Å². The first-order valence-electron chi connectivity index (χ1n) is 46.9. The van der Waals surface area contributed by atoms with Crippen molar-refractivity contribution >= 4 is 47.3 Å². The van der Waals surface area contributed by atoms with E-state index in [9.17, 15) is 43.5 Å². The number of amides is 8. The Balaban J connectivity index is 0. The number of aryl methyl sites for hydroxylation is 1. The van der Waals surface area contributed by atoms with E-state index in [-0.39, 0.29) is 108 Å². The standard InChI is InChI=1S/C11H17N3O.C10H22N2O.C9H15N3O.C9H19NO.C8H13N3O.C8H16N2O.C7H12N4O.2C7H14N2O.C7H15NO.C6H13NO.C4H10/c1-8(2)14-11(15)10(12)6-9-4-3-5-13-7-9;1-5-12(6-2)8-7-10(13)11-9(3)4;1-7(2)11-9(13)4-8-5-12(3)6-10-8;1-7(2)10-8-3-5-9(11)6-4-8;1-7(2)10-8(12)6-11-5-3-4-9-11;1-6(2)9-7-4-5-10(3)8(7)11;1-6(2)10-7(12)3-11-5-8-4-9-11;1-5(2)9-4-3-6(8)7(9)10;1-5(2)9-6-3-4-8-7(6)10;1-6(2)8-7-3-4-9-5-7;1-5(2)7-6-3-8-4-6;1-4(2)3/h3-5,7-8,10H,6,12H2,1-2H3,(H,14,15);9H,5-8H2,1-4H3,(H,11,13);5-7H,4H2,1-3H3,(H,11,13);7-11H,3-6H2,1-2H3;3-5,7H,6H2,1-2H3,(H,10,12);6-7,9H,4-5H2,1-3H3;4-6H,3H2,1-2H3,(H,10,12);5-6H,3-4,8H2,1-2H3;5-6,9H,3-4H2,1-2H3,(H,8,10);6-8H,3-5H2,1-2H3;5-7H,3-4H2,1-2H3;4H,1-3H3/p+1. The van der Waals surface area contributed by atoms with Gasteiger partial charge in [0, 0.05) is 163 Å². The van der Waals surface area contributed by atoms with Crippen LogP contribution in [0.4, 0.5) is 0 Å². The zero-order chi connectivity index (χ0) is 97.6. The van der Waals surface area contributed by atoms with E-state index in [2.05, 4.69) is 179 Å². The van der Waals surface area contributed by atoms with E-state index < -0.39 is 6.04 Å². The highest BCUT2D eigenvalue weighted by Crippen LogP contribution is 2.19. The molecule has 8 amide bonds. The number of likely N-dealkylation sites (tertiary alicyclic amines) is 2. The zero-order valence-corrected chi connectivity index (χ0v) is 84.3. The Hall–Kier alpha value is -7.97. The normalized spacial score (nSPS) is 18.2. The Morgan fingerprint density at radius 2 is 1.12 bits per heavy atom. The Labute approximate surface area is 770 Å². The van der Waals surface area contributed by atoms with Crippen molar-refractivity contribution in [3.63, 3.8) is 0 Å². The Kier molecular flexibility index (Phi) is 68.4. The van der Waals surface area contributed by atoms with Crippen LogP contribution in [0.5, 0.6) is 0 Å². The molecule has 5 atom stereocenters. The van der Waals surface area contributed by atoms with E-state index in [0.29, 0.717) is 80.2 Å². The van der Waals surface area contributed by atoms with Gasteiger partial charge in [0.05, 0.1) is 74.6 Å². The maximum atomic E-state index is 11.5. The lowest BCUT2D eigenvalue weighted by Gasteiger charge is -2.28. The molecule has 128 heavy (non-hydrogen) atoms. The molecule has 9 heterocycles. The molecule has 4 aromatic heterocycles. The zero-order valence-electron chi connectivity index (χ0n) is 84.3. The van der Waals surface area contributed by atoms with Gasteiger partial charge in [-0.15, -0.1) is 4.68 Å². The van der Waals surface area contributed by atoms with E-state index in [4.69, 9.17) is 20.9 Å². The number of aromatic amines is 1. The predicted molar refractivity (Wildman–Crippen MR) is 513 cm³/mol. The summed E-state index contributed by atoms with van der Waals surface area (Å²) in [5, 5.41) is 49.4. The average molecular weight is 1810 g/mol. The number of hydrogen-bond donors (Lipinski definition) is 15. The summed E-state index contributed by atoms with van der Waals surface area (Å²) < 4.78 is 15.2. The third kappa shape index (κ3) is 67.3. The molecule has 738 valence electrons. The number of aliphatic hydroxyl groups is 1. The van der Waals surface area contributed by atoms with Crippen molar-refractivity contribution in [1.29, 1.82) is 0 Å². The van der Waals surface area contributed by atoms with Crippen LogP contribution in [0.1, 0.15) is 256 Å². The van der Waals surface area contributed by atoms with E-state index in [1.165, 1.54) is 12.7 Å². The smallest absolute Gasteiger partial charge is 0.307 e. The van der Waals surface area contributed by atoms with Gasteiger partial charge in [-0.05, 0) is 183 Å². The van der Waals surface area contributed by atoms with Gasteiger partial charge in [0.1, 0.15) is 6.54 Å². The van der Waals surface area contributed by atoms with Gasteiger partial charge in [-0.1, -0.05) is 110 Å². The van der Waals surface area contributed by atoms with Crippen LogP contribution in [0.15, 0.2) is 68.2 Å². The molecule has 0 aromatic carbocycles. The Morgan fingerprint density at radius 1 is 0.586 bits per heavy atom. The van der Waals surface area contributed by atoms with Crippen molar-refractivity contribution in [2.45, 2.75) is 386 Å². The number of nitrogens with two attached hydrogens (primary N) is 2. The van der Waals surface area contributed by atoms with Gasteiger partial charge in [0.15, 0.2) is 6.54 Å². The number of ether oxygens (including phenoxy) is 2. The fourth-order valence-electron chi connectivity index (χ4n) is 12.7. The molecule has 0 bridgehead atoms. The fraction of sp³-hybridized carbons (Fsp3) is 0.774. The van der Waals surface area contributed by atoms with Crippen LogP contribution in [0.25, 0.3) is 0 Å². The van der Waals surface area contributed by atoms with Crippen molar-refractivity contribution in [2.24, 2.45) is 24.4 Å². The first-order chi connectivity index (χ1) is 60.0. The second-order valence-electron chi connectivity index (χ2n) is 37.0. The molecule has 5 saturated heterocycles. The van der Waals surface area contributed by atoms with Crippen LogP contribution in [-0.4, -0.2) is 289 Å². The third-order valence-electron chi connectivity index (χ3n) is 18.5. The summed E-state index contributed by atoms with van der Waals surface area (Å²) in [6.45, 7) is 65.0. The summed E-state index contributed by atoms with van der Waals surface area (Å²) >= 11 is 0. The van der Waals surface area contributed by atoms with Crippen LogP contribution in [0.3, 0.4) is 0 Å². The minimum atomic E-state index is -0.503. The Bertz CT molecular complexity index is 3390. The number of nitrogens with one attached hydrogen (secondary N) is 12. The van der Waals surface area contributed by atoms with Crippen LogP contribution < -0.4 is 74.6 Å². The lowest BCUT2D eigenvalue weighted by Crippen LogP contribution is -2.48. The minimum Gasteiger partial charge on any atom is -0.393 e. The summed E-state index contributed by atoms with van der Waals surface area (Å²) in [6.07, 6.45) is 23.0. The van der Waals surface area contributed by atoms with Crippen LogP contribution in [0, 0.1) is 5.92 Å². The lowest BCUT2D eigenvalue weighted by atomic mass is 9.93. The molecule has 17 N–H and O–H groups in total. The monoisotopic (exact) mass is 1810 g/mol. The number of imidazole rings is 1. The number of aromatic nitrogens is 8. The number of aliphatic hydroxyl groups excluding tert-OH is 1. The maximum absolute atomic E-state index is 11.5. The predicted octanol–water partition coefficient (Wildman–Crippen LogP) is 5.98. The van der Waals surface area contributed by atoms with Crippen molar-refractivity contribution in [2.75, 3.05) is 72.7 Å². The minimum absolute atomic E-state index is 0.00583. The number of hydrogen-bond acceptors (Lipinski definition) is 23. The van der Waals surface area contributed by atoms with Crippen molar-refractivity contribution in [3.8, 4) is 0 Å². The molecule has 0 radical (unpaired) electrons. The Morgan fingerprint density at radius 3 is 1.52 bits per heavy atom. The van der Waals surface area contributed by atoms with Gasteiger partial charge in [-0.3, -0.25) is 48.0 Å². The van der Waals surface area contributed by atoms with Crippen LogP contribution in [0.2, 0.25) is 0 Å². The molecular formula is C93H181N24O11+. The molecule has 4 aromatic rings. The number of carbonyl (C=O) groups excluding carboxylic acids is 8. The maximum Gasteiger partial charge on any atom is 0.307 e. The SMILES string of the molecule is CC(C)C.CC(C)N1CCC(N)C1=O.CC(C)NC(=O)C(N)Cc1cccnc1.CC(C)NC(=O)C[n+]1cnc[nH]1.CC(C)NC(=O)Cc1cn(C)cn1.CC(C)NC(=O)Cn1cccn1.CC(C)NC1CCC(O)CC1.CC(C)NC1CCN(C)C1=O.CC(C)NC1CCNC1=O.CC(C)NC1CCOC1.CC(C)NC1COC1.CCN(CC)CCC(=O)NC(C)C. The van der Waals surface area contributed by atoms with E-state index in [1.54, 1.807) is 57.8 Å². The molecule has 5 aliphatic heterocycles. The van der Waals surface area contributed by atoms with Gasteiger partial charge in [-0.25, -0.2) is 4.98 Å². The van der Waals surface area contributed by atoms with Crippen molar-refractivity contribution in [1.82, 2.24) is 108 Å². The molecule has 5 unspecified atom stereocenters. The number of H-pyrrole nitrogens is 1. The second-order valence-corrected chi connectivity index (χ2v) is 37.0. The van der Waals surface area contributed by atoms with Gasteiger partial charge in [-0.2, -0.15) is 10.2 Å². The third-order valence-corrected chi connectivity index (χ3v) is 18.5. The molecule has 1 saturated carbocycles. The quantitative estimate of drug-likeness (QED) is 0.0267. The molecule has 35 nitrogen and oxygen atoms in total. The number of nitrogens with zero attached hydrogens (tertiary/aromatic N) is 10. The second kappa shape index (κ2) is 71.7. The van der Waals surface area contributed by atoms with Crippen LogP contribution >= 0.6 is 0 Å². The number of pyridine rings is 1. The number of rotatable bonds is 30. The van der Waals surface area contributed by atoms with Crippen molar-refractivity contribution in [3.05, 3.63) is 79.4 Å². The summed E-state index contributed by atoms with van der Waals surface area (Å²) in [5.74, 6) is 1.36. The van der Waals surface area contributed by atoms with Crippen LogP contribution in [-0.2, 0) is 80.8 Å².